The molecule has 1 saturated carbocycles. The van der Waals surface area contributed by atoms with E-state index in [1.807, 2.05) is 13.0 Å². The van der Waals surface area contributed by atoms with Gasteiger partial charge in [-0.25, -0.2) is 0 Å². The van der Waals surface area contributed by atoms with Gasteiger partial charge in [-0.2, -0.15) is 0 Å². The van der Waals surface area contributed by atoms with E-state index in [2.05, 4.69) is 6.08 Å². The third kappa shape index (κ3) is 1.37. The molecule has 0 heterocycles. The molecule has 4 nitrogen and oxygen atoms in total. The van der Waals surface area contributed by atoms with E-state index in [4.69, 9.17) is 9.47 Å². The zero-order valence-corrected chi connectivity index (χ0v) is 9.96. The van der Waals surface area contributed by atoms with Crippen LogP contribution in [0.1, 0.15) is 6.92 Å². The number of rotatable bonds is 4. The van der Waals surface area contributed by atoms with Crippen LogP contribution in [0.3, 0.4) is 0 Å². The number of methoxy groups -OCH3 is 2. The van der Waals surface area contributed by atoms with Crippen molar-refractivity contribution in [3.63, 3.8) is 0 Å². The van der Waals surface area contributed by atoms with Crippen LogP contribution in [0.15, 0.2) is 12.2 Å². The molecule has 0 saturated heterocycles. The molecule has 0 aromatic carbocycles. The predicted octanol–water partition coefficient (Wildman–Crippen LogP) is 0.397. The van der Waals surface area contributed by atoms with Gasteiger partial charge in [0.05, 0.1) is 12.2 Å². The first-order chi connectivity index (χ1) is 7.60. The molecular formula is C12H20O4. The highest BCUT2D eigenvalue weighted by molar-refractivity contribution is 5.23. The van der Waals surface area contributed by atoms with E-state index in [-0.39, 0.29) is 36.6 Å². The molecule has 92 valence electrons. The number of hydrogen-bond acceptors (Lipinski definition) is 4. The van der Waals surface area contributed by atoms with Crippen LogP contribution in [0.4, 0.5) is 0 Å². The topological polar surface area (TPSA) is 58.9 Å². The maximum absolute atomic E-state index is 10.5. The first-order valence-corrected chi connectivity index (χ1v) is 5.67. The van der Waals surface area contributed by atoms with Crippen molar-refractivity contribution in [2.75, 3.05) is 20.8 Å². The molecule has 4 heteroatoms. The fourth-order valence-corrected chi connectivity index (χ4v) is 3.39. The normalized spacial score (nSPS) is 45.9. The van der Waals surface area contributed by atoms with Crippen molar-refractivity contribution in [3.8, 4) is 0 Å². The SMILES string of the molecule is COC(OC)[C@H]1[C@@H]2C=C[C@H]1C(O)(CO)[C@H]2C. The molecule has 16 heavy (non-hydrogen) atoms. The minimum atomic E-state index is -1.03. The summed E-state index contributed by atoms with van der Waals surface area (Å²) in [6.45, 7) is 1.76. The van der Waals surface area contributed by atoms with Gasteiger partial charge in [-0.3, -0.25) is 0 Å². The third-order valence-corrected chi connectivity index (χ3v) is 4.38. The average Bonchev–Trinajstić information content (AvgIpc) is 2.80. The van der Waals surface area contributed by atoms with E-state index >= 15 is 0 Å². The second-order valence-electron chi connectivity index (χ2n) is 4.84. The predicted molar refractivity (Wildman–Crippen MR) is 58.6 cm³/mol. The molecular weight excluding hydrogens is 208 g/mol. The maximum atomic E-state index is 10.5. The Labute approximate surface area is 95.9 Å². The van der Waals surface area contributed by atoms with Crippen molar-refractivity contribution in [2.45, 2.75) is 18.8 Å². The lowest BCUT2D eigenvalue weighted by atomic mass is 9.80. The van der Waals surface area contributed by atoms with Gasteiger partial charge in [0.25, 0.3) is 0 Å². The summed E-state index contributed by atoms with van der Waals surface area (Å²) in [5.74, 6) is 0.266. The first kappa shape index (κ1) is 12.0. The molecule has 2 rings (SSSR count). The molecule has 2 aliphatic rings. The van der Waals surface area contributed by atoms with Crippen molar-refractivity contribution >= 4 is 0 Å². The largest absolute Gasteiger partial charge is 0.393 e. The summed E-state index contributed by atoms with van der Waals surface area (Å²) in [4.78, 5) is 0. The summed E-state index contributed by atoms with van der Waals surface area (Å²) in [5, 5.41) is 19.9. The van der Waals surface area contributed by atoms with Crippen LogP contribution >= 0.6 is 0 Å². The van der Waals surface area contributed by atoms with E-state index in [9.17, 15) is 10.2 Å². The quantitative estimate of drug-likeness (QED) is 0.540. The average molecular weight is 228 g/mol. The Bertz CT molecular complexity index is 287. The smallest absolute Gasteiger partial charge is 0.160 e. The second kappa shape index (κ2) is 4.11. The summed E-state index contributed by atoms with van der Waals surface area (Å²) < 4.78 is 10.6. The molecule has 2 aliphatic carbocycles. The van der Waals surface area contributed by atoms with Crippen LogP contribution in [-0.2, 0) is 9.47 Å². The number of fused-ring (bicyclic) bond motifs is 2. The van der Waals surface area contributed by atoms with Gasteiger partial charge < -0.3 is 19.7 Å². The highest BCUT2D eigenvalue weighted by Gasteiger charge is 2.60. The molecule has 0 aromatic rings. The molecule has 0 amide bonds. The monoisotopic (exact) mass is 228 g/mol. The Morgan fingerprint density at radius 2 is 1.94 bits per heavy atom. The van der Waals surface area contributed by atoms with Crippen molar-refractivity contribution < 1.29 is 19.7 Å². The van der Waals surface area contributed by atoms with E-state index in [1.165, 1.54) is 0 Å². The fraction of sp³-hybridized carbons (Fsp3) is 0.833. The molecule has 2 N–H and O–H groups in total. The number of allylic oxidation sites excluding steroid dienone is 1. The highest BCUT2D eigenvalue weighted by atomic mass is 16.7. The number of aliphatic hydroxyl groups excluding tert-OH is 1. The zero-order chi connectivity index (χ0) is 11.9. The number of aliphatic hydroxyl groups is 2. The van der Waals surface area contributed by atoms with E-state index < -0.39 is 5.60 Å². The van der Waals surface area contributed by atoms with Crippen LogP contribution in [0.5, 0.6) is 0 Å². The highest BCUT2D eigenvalue weighted by Crippen LogP contribution is 2.55. The molecule has 0 aliphatic heterocycles. The van der Waals surface area contributed by atoms with Crippen LogP contribution in [0.2, 0.25) is 0 Å². The van der Waals surface area contributed by atoms with Crippen molar-refractivity contribution in [3.05, 3.63) is 12.2 Å². The van der Waals surface area contributed by atoms with Crippen LogP contribution in [-0.4, -0.2) is 42.9 Å². The molecule has 0 spiro atoms. The van der Waals surface area contributed by atoms with Gasteiger partial charge in [-0.1, -0.05) is 19.1 Å². The first-order valence-electron chi connectivity index (χ1n) is 5.67. The van der Waals surface area contributed by atoms with Crippen molar-refractivity contribution in [1.29, 1.82) is 0 Å². The van der Waals surface area contributed by atoms with E-state index in [0.29, 0.717) is 0 Å². The lowest BCUT2D eigenvalue weighted by Crippen LogP contribution is -2.44. The minimum Gasteiger partial charge on any atom is -0.393 e. The lowest BCUT2D eigenvalue weighted by Gasteiger charge is -2.33. The fourth-order valence-electron chi connectivity index (χ4n) is 3.39. The lowest BCUT2D eigenvalue weighted by molar-refractivity contribution is -0.153. The Morgan fingerprint density at radius 3 is 2.38 bits per heavy atom. The van der Waals surface area contributed by atoms with E-state index in [1.54, 1.807) is 14.2 Å². The standard InChI is InChI=1S/C12H20O4/c1-7-8-4-5-9(12(7,14)6-13)10(8)11(15-2)16-3/h4-5,7-11,13-14H,6H2,1-3H3/t7-,8+,9+,10-,12?/m0/s1. The van der Waals surface area contributed by atoms with Gasteiger partial charge in [0.2, 0.25) is 0 Å². The summed E-state index contributed by atoms with van der Waals surface area (Å²) in [6.07, 6.45) is 3.76. The minimum absolute atomic E-state index is 0.0327. The van der Waals surface area contributed by atoms with Gasteiger partial charge in [-0.15, -0.1) is 0 Å². The summed E-state index contributed by atoms with van der Waals surface area (Å²) >= 11 is 0. The maximum Gasteiger partial charge on any atom is 0.160 e. The molecule has 5 atom stereocenters. The number of ether oxygens (including phenoxy) is 2. The Morgan fingerprint density at radius 1 is 1.31 bits per heavy atom. The van der Waals surface area contributed by atoms with Crippen LogP contribution < -0.4 is 0 Å². The van der Waals surface area contributed by atoms with Crippen LogP contribution in [0, 0.1) is 23.7 Å². The van der Waals surface area contributed by atoms with Gasteiger partial charge >= 0.3 is 0 Å². The third-order valence-electron chi connectivity index (χ3n) is 4.38. The summed E-state index contributed by atoms with van der Waals surface area (Å²) in [7, 11) is 3.21. The van der Waals surface area contributed by atoms with Gasteiger partial charge in [0.15, 0.2) is 6.29 Å². The van der Waals surface area contributed by atoms with Gasteiger partial charge in [0.1, 0.15) is 0 Å². The zero-order valence-electron chi connectivity index (χ0n) is 9.96. The molecule has 1 unspecified atom stereocenters. The van der Waals surface area contributed by atoms with E-state index in [0.717, 1.165) is 0 Å². The summed E-state index contributed by atoms with van der Waals surface area (Å²) in [5.41, 5.74) is -1.03. The Kier molecular flexibility index (Phi) is 3.09. The van der Waals surface area contributed by atoms with Gasteiger partial charge in [-0.05, 0) is 11.8 Å². The molecule has 0 aromatic heterocycles. The Hall–Kier alpha value is -0.420. The van der Waals surface area contributed by atoms with Gasteiger partial charge in [0, 0.05) is 26.1 Å². The Balaban J connectivity index is 2.27. The van der Waals surface area contributed by atoms with Crippen molar-refractivity contribution in [2.24, 2.45) is 23.7 Å². The second-order valence-corrected chi connectivity index (χ2v) is 4.84. The summed E-state index contributed by atoms with van der Waals surface area (Å²) in [6, 6.07) is 0. The van der Waals surface area contributed by atoms with Crippen LogP contribution in [0.25, 0.3) is 0 Å². The van der Waals surface area contributed by atoms with Crippen molar-refractivity contribution in [1.82, 2.24) is 0 Å². The molecule has 1 fully saturated rings. The molecule has 2 bridgehead atoms. The molecule has 0 radical (unpaired) electrons. The number of hydrogen-bond donors (Lipinski definition) is 2.